The molecule has 5 heteroatoms. The molecule has 5 nitrogen and oxygen atoms in total. The van der Waals surface area contributed by atoms with Crippen molar-refractivity contribution in [1.82, 2.24) is 15.2 Å². The molecule has 1 saturated heterocycles. The fourth-order valence-electron chi connectivity index (χ4n) is 2.55. The molecule has 0 spiro atoms. The highest BCUT2D eigenvalue weighted by Gasteiger charge is 2.10. The molecule has 23 heavy (non-hydrogen) atoms. The molecule has 2 heterocycles. The number of pyridine rings is 1. The molecular weight excluding hydrogens is 290 g/mol. The van der Waals surface area contributed by atoms with E-state index in [9.17, 15) is 4.79 Å². The van der Waals surface area contributed by atoms with Crippen molar-refractivity contribution in [3.8, 4) is 0 Å². The van der Waals surface area contributed by atoms with Gasteiger partial charge in [0.15, 0.2) is 0 Å². The first-order chi connectivity index (χ1) is 11.3. The van der Waals surface area contributed by atoms with E-state index in [-0.39, 0.29) is 5.91 Å². The molecule has 3 rings (SSSR count). The van der Waals surface area contributed by atoms with E-state index >= 15 is 0 Å². The predicted octanol–water partition coefficient (Wildman–Crippen LogP) is 1.84. The van der Waals surface area contributed by atoms with Crippen LogP contribution in [0.5, 0.6) is 0 Å². The van der Waals surface area contributed by atoms with Crippen LogP contribution >= 0.6 is 0 Å². The SMILES string of the molecule is O=C(NCc1ccc(CN2CCOCC2)cc1)c1ccccn1. The minimum absolute atomic E-state index is 0.150. The van der Waals surface area contributed by atoms with Gasteiger partial charge in [-0.05, 0) is 23.3 Å². The van der Waals surface area contributed by atoms with Gasteiger partial charge in [0.05, 0.1) is 13.2 Å². The molecule has 120 valence electrons. The first-order valence-corrected chi connectivity index (χ1v) is 7.88. The number of ether oxygens (including phenoxy) is 1. The lowest BCUT2D eigenvalue weighted by atomic mass is 10.1. The molecule has 1 N–H and O–H groups in total. The van der Waals surface area contributed by atoms with Gasteiger partial charge in [-0.3, -0.25) is 14.7 Å². The Morgan fingerprint density at radius 2 is 1.83 bits per heavy atom. The Labute approximate surface area is 136 Å². The van der Waals surface area contributed by atoms with Crippen LogP contribution in [-0.2, 0) is 17.8 Å². The van der Waals surface area contributed by atoms with E-state index in [0.29, 0.717) is 12.2 Å². The highest BCUT2D eigenvalue weighted by Crippen LogP contribution is 2.09. The Morgan fingerprint density at radius 1 is 1.09 bits per heavy atom. The van der Waals surface area contributed by atoms with Crippen LogP contribution in [0.1, 0.15) is 21.6 Å². The summed E-state index contributed by atoms with van der Waals surface area (Å²) in [6.45, 7) is 5.07. The zero-order valence-electron chi connectivity index (χ0n) is 13.1. The van der Waals surface area contributed by atoms with Crippen molar-refractivity contribution in [3.05, 3.63) is 65.5 Å². The summed E-state index contributed by atoms with van der Waals surface area (Å²) in [6.07, 6.45) is 1.62. The average Bonchev–Trinajstić information content (AvgIpc) is 2.62. The molecule has 0 atom stereocenters. The maximum atomic E-state index is 12.0. The Morgan fingerprint density at radius 3 is 2.52 bits per heavy atom. The lowest BCUT2D eigenvalue weighted by molar-refractivity contribution is 0.0342. The van der Waals surface area contributed by atoms with Gasteiger partial charge in [0, 0.05) is 32.4 Å². The van der Waals surface area contributed by atoms with E-state index in [1.807, 2.05) is 6.07 Å². The number of nitrogens with zero attached hydrogens (tertiary/aromatic N) is 2. The topological polar surface area (TPSA) is 54.5 Å². The van der Waals surface area contributed by atoms with Gasteiger partial charge in [0.25, 0.3) is 5.91 Å². The maximum Gasteiger partial charge on any atom is 0.270 e. The summed E-state index contributed by atoms with van der Waals surface area (Å²) >= 11 is 0. The van der Waals surface area contributed by atoms with Gasteiger partial charge in [-0.2, -0.15) is 0 Å². The summed E-state index contributed by atoms with van der Waals surface area (Å²) in [6, 6.07) is 13.7. The molecule has 0 saturated carbocycles. The van der Waals surface area contributed by atoms with Crippen LogP contribution in [0, 0.1) is 0 Å². The number of carbonyl (C=O) groups is 1. The Bertz CT molecular complexity index is 622. The highest BCUT2D eigenvalue weighted by atomic mass is 16.5. The Balaban J connectivity index is 1.50. The summed E-state index contributed by atoms with van der Waals surface area (Å²) in [4.78, 5) is 18.4. The number of morpholine rings is 1. The number of nitrogens with one attached hydrogen (secondary N) is 1. The van der Waals surface area contributed by atoms with Gasteiger partial charge in [-0.1, -0.05) is 30.3 Å². The van der Waals surface area contributed by atoms with Gasteiger partial charge in [-0.15, -0.1) is 0 Å². The highest BCUT2D eigenvalue weighted by molar-refractivity contribution is 5.92. The smallest absolute Gasteiger partial charge is 0.270 e. The van der Waals surface area contributed by atoms with Gasteiger partial charge in [-0.25, -0.2) is 0 Å². The van der Waals surface area contributed by atoms with Crippen LogP contribution in [0.3, 0.4) is 0 Å². The largest absolute Gasteiger partial charge is 0.379 e. The van der Waals surface area contributed by atoms with Crippen molar-refractivity contribution in [2.24, 2.45) is 0 Å². The van der Waals surface area contributed by atoms with Crippen LogP contribution in [-0.4, -0.2) is 42.1 Å². The zero-order valence-corrected chi connectivity index (χ0v) is 13.1. The van der Waals surface area contributed by atoms with E-state index in [1.54, 1.807) is 18.3 Å². The fourth-order valence-corrected chi connectivity index (χ4v) is 2.55. The minimum Gasteiger partial charge on any atom is -0.379 e. The second kappa shape index (κ2) is 7.85. The van der Waals surface area contributed by atoms with Gasteiger partial charge < -0.3 is 10.1 Å². The number of rotatable bonds is 5. The molecule has 1 aliphatic rings. The van der Waals surface area contributed by atoms with Crippen LogP contribution in [0.2, 0.25) is 0 Å². The van der Waals surface area contributed by atoms with Crippen LogP contribution in [0.25, 0.3) is 0 Å². The lowest BCUT2D eigenvalue weighted by Gasteiger charge is -2.26. The zero-order chi connectivity index (χ0) is 15.9. The molecule has 1 amide bonds. The van der Waals surface area contributed by atoms with Crippen molar-refractivity contribution in [3.63, 3.8) is 0 Å². The van der Waals surface area contributed by atoms with Crippen LogP contribution in [0.4, 0.5) is 0 Å². The van der Waals surface area contributed by atoms with Gasteiger partial charge in [0.1, 0.15) is 5.69 Å². The Kier molecular flexibility index (Phi) is 5.34. The number of hydrogen-bond acceptors (Lipinski definition) is 4. The first kappa shape index (κ1) is 15.6. The summed E-state index contributed by atoms with van der Waals surface area (Å²) in [7, 11) is 0. The van der Waals surface area contributed by atoms with Crippen molar-refractivity contribution >= 4 is 5.91 Å². The van der Waals surface area contributed by atoms with E-state index in [2.05, 4.69) is 39.5 Å². The second-order valence-corrected chi connectivity index (χ2v) is 5.60. The summed E-state index contributed by atoms with van der Waals surface area (Å²) in [5, 5.41) is 2.89. The number of aromatic nitrogens is 1. The summed E-state index contributed by atoms with van der Waals surface area (Å²) < 4.78 is 5.36. The molecule has 1 aromatic carbocycles. The fraction of sp³-hybridized carbons (Fsp3) is 0.333. The Hall–Kier alpha value is -2.24. The molecule has 2 aromatic rings. The van der Waals surface area contributed by atoms with E-state index < -0.39 is 0 Å². The third kappa shape index (κ3) is 4.61. The second-order valence-electron chi connectivity index (χ2n) is 5.60. The molecule has 1 aromatic heterocycles. The third-order valence-electron chi connectivity index (χ3n) is 3.88. The van der Waals surface area contributed by atoms with Crippen LogP contribution in [0.15, 0.2) is 48.7 Å². The molecule has 1 aliphatic heterocycles. The number of carbonyl (C=O) groups excluding carboxylic acids is 1. The number of benzene rings is 1. The standard InChI is InChI=1S/C18H21N3O2/c22-18(17-3-1-2-8-19-17)20-13-15-4-6-16(7-5-15)14-21-9-11-23-12-10-21/h1-8H,9-14H2,(H,20,22). The molecule has 1 fully saturated rings. The van der Waals surface area contributed by atoms with Crippen molar-refractivity contribution in [2.75, 3.05) is 26.3 Å². The van der Waals surface area contributed by atoms with Gasteiger partial charge in [0.2, 0.25) is 0 Å². The molecule has 0 aliphatic carbocycles. The van der Waals surface area contributed by atoms with E-state index in [4.69, 9.17) is 4.74 Å². The normalized spacial score (nSPS) is 15.3. The lowest BCUT2D eigenvalue weighted by Crippen LogP contribution is -2.35. The third-order valence-corrected chi connectivity index (χ3v) is 3.88. The van der Waals surface area contributed by atoms with Crippen LogP contribution < -0.4 is 5.32 Å². The van der Waals surface area contributed by atoms with Crippen molar-refractivity contribution in [1.29, 1.82) is 0 Å². The average molecular weight is 311 g/mol. The summed E-state index contributed by atoms with van der Waals surface area (Å²) in [5.74, 6) is -0.150. The number of hydrogen-bond donors (Lipinski definition) is 1. The predicted molar refractivity (Wildman–Crippen MR) is 87.9 cm³/mol. The monoisotopic (exact) mass is 311 g/mol. The maximum absolute atomic E-state index is 12.0. The molecule has 0 radical (unpaired) electrons. The van der Waals surface area contributed by atoms with Gasteiger partial charge >= 0.3 is 0 Å². The molecule has 0 unspecified atom stereocenters. The quantitative estimate of drug-likeness (QED) is 0.915. The first-order valence-electron chi connectivity index (χ1n) is 7.88. The minimum atomic E-state index is -0.150. The van der Waals surface area contributed by atoms with Crippen molar-refractivity contribution < 1.29 is 9.53 Å². The van der Waals surface area contributed by atoms with Crippen molar-refractivity contribution in [2.45, 2.75) is 13.1 Å². The van der Waals surface area contributed by atoms with E-state index in [0.717, 1.165) is 38.4 Å². The summed E-state index contributed by atoms with van der Waals surface area (Å²) in [5.41, 5.74) is 2.81. The molecular formula is C18H21N3O2. The van der Waals surface area contributed by atoms with E-state index in [1.165, 1.54) is 5.56 Å². The number of amides is 1. The molecule has 0 bridgehead atoms.